The van der Waals surface area contributed by atoms with Gasteiger partial charge in [-0.25, -0.2) is 0 Å². The maximum Gasteiger partial charge on any atom is 0.233 e. The molecule has 2 aliphatic heterocycles. The lowest BCUT2D eigenvalue weighted by Gasteiger charge is -2.35. The summed E-state index contributed by atoms with van der Waals surface area (Å²) in [5.74, 6) is 1.40. The van der Waals surface area contributed by atoms with Gasteiger partial charge in [-0.3, -0.25) is 4.90 Å². The van der Waals surface area contributed by atoms with Crippen molar-refractivity contribution in [3.63, 3.8) is 0 Å². The van der Waals surface area contributed by atoms with Crippen LogP contribution in [0.25, 0.3) is 0 Å². The number of rotatable bonds is 2. The first kappa shape index (κ1) is 13.0. The second-order valence-electron chi connectivity index (χ2n) is 5.56. The normalized spacial score (nSPS) is 33.9. The van der Waals surface area contributed by atoms with Crippen LogP contribution in [0.2, 0.25) is 0 Å². The maximum absolute atomic E-state index is 5.98. The highest BCUT2D eigenvalue weighted by Crippen LogP contribution is 2.26. The number of nitrogens with zero attached hydrogens (tertiary/aromatic N) is 4. The first-order valence-corrected chi connectivity index (χ1v) is 6.70. The van der Waals surface area contributed by atoms with Crippen LogP contribution in [-0.2, 0) is 4.74 Å². The van der Waals surface area contributed by atoms with Gasteiger partial charge in [0.15, 0.2) is 5.82 Å². The number of ether oxygens (including phenoxy) is 1. The van der Waals surface area contributed by atoms with Gasteiger partial charge in [-0.1, -0.05) is 5.16 Å². The van der Waals surface area contributed by atoms with Crippen LogP contribution >= 0.6 is 0 Å². The number of likely N-dealkylation sites (N-methyl/N-ethyl adjacent to an activating group) is 2. The van der Waals surface area contributed by atoms with Crippen LogP contribution in [0.1, 0.15) is 23.7 Å². The number of nitrogens with two attached hydrogens (primary N) is 1. The molecule has 1 aromatic heterocycles. The smallest absolute Gasteiger partial charge is 0.233 e. The molecule has 3 rings (SSSR count). The zero-order valence-electron chi connectivity index (χ0n) is 11.5. The Bertz CT molecular complexity index is 438. The van der Waals surface area contributed by atoms with E-state index in [1.807, 2.05) is 0 Å². The summed E-state index contributed by atoms with van der Waals surface area (Å²) in [6.45, 7) is 4.14. The lowest BCUT2D eigenvalue weighted by Crippen LogP contribution is -2.45. The third-order valence-corrected chi connectivity index (χ3v) is 4.05. The molecule has 0 aliphatic carbocycles. The van der Waals surface area contributed by atoms with E-state index in [2.05, 4.69) is 34.0 Å². The fourth-order valence-corrected chi connectivity index (χ4v) is 2.65. The van der Waals surface area contributed by atoms with Gasteiger partial charge in [0.05, 0.1) is 25.2 Å². The second-order valence-corrected chi connectivity index (χ2v) is 5.56. The quantitative estimate of drug-likeness (QED) is 0.768. The van der Waals surface area contributed by atoms with Crippen LogP contribution in [0.5, 0.6) is 0 Å². The Balaban J connectivity index is 1.76. The van der Waals surface area contributed by atoms with Gasteiger partial charge in [0.1, 0.15) is 0 Å². The van der Waals surface area contributed by atoms with Crippen LogP contribution in [0, 0.1) is 0 Å². The zero-order chi connectivity index (χ0) is 13.4. The Hall–Kier alpha value is -1.02. The predicted octanol–water partition coefficient (Wildman–Crippen LogP) is -0.571. The molecule has 2 aliphatic rings. The maximum atomic E-state index is 5.98. The highest BCUT2D eigenvalue weighted by molar-refractivity contribution is 5.05. The summed E-state index contributed by atoms with van der Waals surface area (Å²) >= 11 is 0. The summed E-state index contributed by atoms with van der Waals surface area (Å²) in [5.41, 5.74) is 5.98. The van der Waals surface area contributed by atoms with Crippen molar-refractivity contribution in [2.75, 3.05) is 46.9 Å². The van der Waals surface area contributed by atoms with Gasteiger partial charge in [-0.2, -0.15) is 4.98 Å². The number of aromatic nitrogens is 2. The third kappa shape index (κ3) is 2.51. The minimum Gasteiger partial charge on any atom is -0.379 e. The standard InChI is InChI=1S/C12H21N5O2/c1-16-3-4-17(2)10(5-16)11-14-12(19-15-11)8-6-18-7-9(8)13/h8-10H,3-7,13H2,1-2H3. The SMILES string of the molecule is CN1CCN(C)C(c2noc(C3COCC3N)n2)C1. The molecule has 1 aromatic rings. The molecule has 3 atom stereocenters. The Morgan fingerprint density at radius 3 is 2.84 bits per heavy atom. The van der Waals surface area contributed by atoms with Gasteiger partial charge in [0.25, 0.3) is 0 Å². The van der Waals surface area contributed by atoms with Gasteiger partial charge in [0.2, 0.25) is 5.89 Å². The van der Waals surface area contributed by atoms with E-state index in [0.29, 0.717) is 19.1 Å². The lowest BCUT2D eigenvalue weighted by atomic mass is 10.1. The summed E-state index contributed by atoms with van der Waals surface area (Å²) in [4.78, 5) is 9.09. The molecular formula is C12H21N5O2. The number of hydrogen-bond acceptors (Lipinski definition) is 7. The molecule has 2 fully saturated rings. The summed E-state index contributed by atoms with van der Waals surface area (Å²) in [5, 5.41) is 4.14. The molecule has 7 nitrogen and oxygen atoms in total. The Morgan fingerprint density at radius 1 is 1.26 bits per heavy atom. The van der Waals surface area contributed by atoms with Crippen LogP contribution in [0.3, 0.4) is 0 Å². The molecule has 0 amide bonds. The molecule has 106 valence electrons. The van der Waals surface area contributed by atoms with Gasteiger partial charge >= 0.3 is 0 Å². The topological polar surface area (TPSA) is 80.7 Å². The predicted molar refractivity (Wildman–Crippen MR) is 68.7 cm³/mol. The molecular weight excluding hydrogens is 246 g/mol. The highest BCUT2D eigenvalue weighted by atomic mass is 16.5. The first-order valence-electron chi connectivity index (χ1n) is 6.70. The molecule has 2 N–H and O–H groups in total. The van der Waals surface area contributed by atoms with Crippen molar-refractivity contribution in [1.29, 1.82) is 0 Å². The Morgan fingerprint density at radius 2 is 2.11 bits per heavy atom. The number of piperazine rings is 1. The largest absolute Gasteiger partial charge is 0.379 e. The molecule has 0 saturated carbocycles. The van der Waals surface area contributed by atoms with E-state index in [0.717, 1.165) is 25.5 Å². The highest BCUT2D eigenvalue weighted by Gasteiger charge is 2.34. The van der Waals surface area contributed by atoms with Crippen molar-refractivity contribution in [1.82, 2.24) is 19.9 Å². The molecule has 2 saturated heterocycles. The van der Waals surface area contributed by atoms with Crippen LogP contribution < -0.4 is 5.73 Å². The fourth-order valence-electron chi connectivity index (χ4n) is 2.65. The van der Waals surface area contributed by atoms with Crippen molar-refractivity contribution in [2.45, 2.75) is 18.0 Å². The van der Waals surface area contributed by atoms with Gasteiger partial charge in [-0.05, 0) is 14.1 Å². The second kappa shape index (κ2) is 5.16. The minimum atomic E-state index is -0.0416. The minimum absolute atomic E-state index is 0.0351. The third-order valence-electron chi connectivity index (χ3n) is 4.05. The Kier molecular flexibility index (Phi) is 3.53. The van der Waals surface area contributed by atoms with Gasteiger partial charge in [-0.15, -0.1) is 0 Å². The monoisotopic (exact) mass is 267 g/mol. The van der Waals surface area contributed by atoms with Crippen molar-refractivity contribution >= 4 is 0 Å². The average Bonchev–Trinajstić information content (AvgIpc) is 3.00. The van der Waals surface area contributed by atoms with E-state index in [1.54, 1.807) is 0 Å². The molecule has 0 aromatic carbocycles. The zero-order valence-corrected chi connectivity index (χ0v) is 11.5. The van der Waals surface area contributed by atoms with E-state index in [-0.39, 0.29) is 18.0 Å². The van der Waals surface area contributed by atoms with Crippen LogP contribution in [0.15, 0.2) is 4.52 Å². The van der Waals surface area contributed by atoms with Gasteiger partial charge in [0, 0.05) is 25.7 Å². The van der Waals surface area contributed by atoms with E-state index in [4.69, 9.17) is 15.0 Å². The first-order chi connectivity index (χ1) is 9.15. The molecule has 0 radical (unpaired) electrons. The van der Waals surface area contributed by atoms with E-state index in [9.17, 15) is 0 Å². The van der Waals surface area contributed by atoms with Crippen LogP contribution in [0.4, 0.5) is 0 Å². The molecule has 0 bridgehead atoms. The molecule has 3 heterocycles. The summed E-state index contributed by atoms with van der Waals surface area (Å²) < 4.78 is 10.7. The Labute approximate surface area is 112 Å². The summed E-state index contributed by atoms with van der Waals surface area (Å²) in [6.07, 6.45) is 0. The summed E-state index contributed by atoms with van der Waals surface area (Å²) in [6, 6.07) is 0.148. The molecule has 3 unspecified atom stereocenters. The average molecular weight is 267 g/mol. The summed E-state index contributed by atoms with van der Waals surface area (Å²) in [7, 11) is 4.21. The number of hydrogen-bond donors (Lipinski definition) is 1. The van der Waals surface area contributed by atoms with Crippen molar-refractivity contribution < 1.29 is 9.26 Å². The van der Waals surface area contributed by atoms with Crippen LogP contribution in [-0.4, -0.2) is 72.9 Å². The van der Waals surface area contributed by atoms with Gasteiger partial charge < -0.3 is 19.9 Å². The molecule has 0 spiro atoms. The fraction of sp³-hybridized carbons (Fsp3) is 0.833. The van der Waals surface area contributed by atoms with E-state index >= 15 is 0 Å². The molecule has 7 heteroatoms. The van der Waals surface area contributed by atoms with E-state index in [1.165, 1.54) is 0 Å². The van der Waals surface area contributed by atoms with Crippen molar-refractivity contribution in [2.24, 2.45) is 5.73 Å². The lowest BCUT2D eigenvalue weighted by molar-refractivity contribution is 0.108. The molecule has 19 heavy (non-hydrogen) atoms. The van der Waals surface area contributed by atoms with E-state index < -0.39 is 0 Å². The van der Waals surface area contributed by atoms with Crippen molar-refractivity contribution in [3.8, 4) is 0 Å². The van der Waals surface area contributed by atoms with Crippen molar-refractivity contribution in [3.05, 3.63) is 11.7 Å².